The lowest BCUT2D eigenvalue weighted by molar-refractivity contribution is 0.131. The Labute approximate surface area is 159 Å². The van der Waals surface area contributed by atoms with Gasteiger partial charge in [0.05, 0.1) is 17.9 Å². The number of aromatic nitrogens is 2. The summed E-state index contributed by atoms with van der Waals surface area (Å²) in [4.78, 5) is 20.1. The molecule has 0 fully saturated rings. The fourth-order valence-corrected chi connectivity index (χ4v) is 2.89. The molecule has 3 aromatic rings. The van der Waals surface area contributed by atoms with E-state index in [9.17, 15) is 4.79 Å². The van der Waals surface area contributed by atoms with Crippen LogP contribution < -0.4 is 5.32 Å². The Bertz CT molecular complexity index is 846. The maximum absolute atomic E-state index is 12.3. The molecule has 5 heteroatoms. The van der Waals surface area contributed by atoms with Crippen LogP contribution in [-0.2, 0) is 11.3 Å². The van der Waals surface area contributed by atoms with Crippen LogP contribution in [0, 0.1) is 5.92 Å². The molecule has 27 heavy (non-hydrogen) atoms. The summed E-state index contributed by atoms with van der Waals surface area (Å²) in [6.45, 7) is 4.45. The van der Waals surface area contributed by atoms with Crippen LogP contribution in [0.3, 0.4) is 0 Å². The lowest BCUT2D eigenvalue weighted by Gasteiger charge is -2.22. The molecule has 2 atom stereocenters. The van der Waals surface area contributed by atoms with Gasteiger partial charge in [-0.25, -0.2) is 9.78 Å². The zero-order chi connectivity index (χ0) is 19.1. The summed E-state index contributed by atoms with van der Waals surface area (Å²) in [5.74, 6) is 1.02. The highest BCUT2D eigenvalue weighted by atomic mass is 16.5. The highest BCUT2D eigenvalue weighted by molar-refractivity contribution is 5.68. The van der Waals surface area contributed by atoms with Crippen molar-refractivity contribution in [2.75, 3.05) is 0 Å². The van der Waals surface area contributed by atoms with E-state index in [2.05, 4.69) is 29.1 Å². The Morgan fingerprint density at radius 2 is 1.78 bits per heavy atom. The van der Waals surface area contributed by atoms with Crippen LogP contribution >= 0.6 is 0 Å². The van der Waals surface area contributed by atoms with Gasteiger partial charge < -0.3 is 15.0 Å². The van der Waals surface area contributed by atoms with Crippen LogP contribution in [0.1, 0.15) is 37.6 Å². The smallest absolute Gasteiger partial charge is 0.408 e. The second-order valence-corrected chi connectivity index (χ2v) is 6.62. The van der Waals surface area contributed by atoms with Gasteiger partial charge in [0.2, 0.25) is 0 Å². The van der Waals surface area contributed by atoms with Gasteiger partial charge in [0.1, 0.15) is 12.4 Å². The van der Waals surface area contributed by atoms with Crippen LogP contribution in [0.15, 0.2) is 66.9 Å². The van der Waals surface area contributed by atoms with E-state index in [1.807, 2.05) is 60.7 Å². The number of amides is 1. The van der Waals surface area contributed by atoms with E-state index < -0.39 is 6.09 Å². The van der Waals surface area contributed by atoms with Gasteiger partial charge in [-0.1, -0.05) is 80.9 Å². The molecule has 0 saturated heterocycles. The first-order valence-corrected chi connectivity index (χ1v) is 9.25. The molecule has 0 radical (unpaired) electrons. The fourth-order valence-electron chi connectivity index (χ4n) is 2.89. The lowest BCUT2D eigenvalue weighted by atomic mass is 9.97. The van der Waals surface area contributed by atoms with Crippen molar-refractivity contribution in [2.24, 2.45) is 5.92 Å². The third-order valence-corrected chi connectivity index (χ3v) is 4.68. The van der Waals surface area contributed by atoms with Crippen molar-refractivity contribution >= 4 is 6.09 Å². The number of imidazole rings is 1. The predicted octanol–water partition coefficient (Wildman–Crippen LogP) is 5.09. The summed E-state index contributed by atoms with van der Waals surface area (Å²) in [5, 5.41) is 2.99. The number of hydrogen-bond acceptors (Lipinski definition) is 3. The summed E-state index contributed by atoms with van der Waals surface area (Å²) in [7, 11) is 0. The van der Waals surface area contributed by atoms with Crippen LogP contribution in [0.5, 0.6) is 0 Å². The number of rotatable bonds is 7. The molecule has 0 aliphatic carbocycles. The molecule has 0 saturated carbocycles. The maximum Gasteiger partial charge on any atom is 0.408 e. The number of nitrogens with one attached hydrogen (secondary N) is 2. The van der Waals surface area contributed by atoms with Crippen molar-refractivity contribution in [3.05, 3.63) is 78.1 Å². The van der Waals surface area contributed by atoms with E-state index in [0.29, 0.717) is 0 Å². The summed E-state index contributed by atoms with van der Waals surface area (Å²) in [6, 6.07) is 19.4. The van der Waals surface area contributed by atoms with Crippen LogP contribution in [0.25, 0.3) is 11.4 Å². The number of nitrogens with zero attached hydrogens (tertiary/aromatic N) is 1. The Kier molecular flexibility index (Phi) is 6.26. The first kappa shape index (κ1) is 18.7. The predicted molar refractivity (Wildman–Crippen MR) is 106 cm³/mol. The average molecular weight is 363 g/mol. The molecule has 5 nitrogen and oxygen atoms in total. The average Bonchev–Trinajstić information content (AvgIpc) is 3.21. The van der Waals surface area contributed by atoms with Crippen LogP contribution in [0.4, 0.5) is 4.79 Å². The molecule has 0 bridgehead atoms. The molecule has 1 amide bonds. The molecule has 3 rings (SSSR count). The summed E-state index contributed by atoms with van der Waals surface area (Å²) >= 11 is 0. The van der Waals surface area contributed by atoms with Gasteiger partial charge in [-0.3, -0.25) is 0 Å². The zero-order valence-corrected chi connectivity index (χ0v) is 15.7. The number of aromatic amines is 1. The van der Waals surface area contributed by atoms with Crippen LogP contribution in [0.2, 0.25) is 0 Å². The minimum Gasteiger partial charge on any atom is -0.445 e. The maximum atomic E-state index is 12.3. The van der Waals surface area contributed by atoms with E-state index in [1.54, 1.807) is 6.20 Å². The normalized spacial score (nSPS) is 13.0. The number of carbonyl (C=O) groups excluding carboxylic acids is 1. The minimum absolute atomic E-state index is 0.191. The summed E-state index contributed by atoms with van der Waals surface area (Å²) in [6.07, 6.45) is 2.28. The van der Waals surface area contributed by atoms with E-state index in [1.165, 1.54) is 0 Å². The Morgan fingerprint density at radius 1 is 1.11 bits per heavy atom. The molecule has 0 aliphatic rings. The third kappa shape index (κ3) is 4.97. The van der Waals surface area contributed by atoms with E-state index in [4.69, 9.17) is 4.74 Å². The zero-order valence-electron chi connectivity index (χ0n) is 15.7. The highest BCUT2D eigenvalue weighted by Crippen LogP contribution is 2.25. The van der Waals surface area contributed by atoms with Gasteiger partial charge in [-0.2, -0.15) is 0 Å². The molecule has 1 aromatic heterocycles. The van der Waals surface area contributed by atoms with E-state index in [0.717, 1.165) is 29.1 Å². The van der Waals surface area contributed by atoms with E-state index in [-0.39, 0.29) is 18.6 Å². The molecular formula is C22H25N3O2. The van der Waals surface area contributed by atoms with Gasteiger partial charge in [0.25, 0.3) is 0 Å². The SMILES string of the molecule is CC[C@@H](C)[C@H](NC(=O)OCc1ccccc1)c1cnc(-c2ccccc2)[nH]1. The van der Waals surface area contributed by atoms with E-state index >= 15 is 0 Å². The highest BCUT2D eigenvalue weighted by Gasteiger charge is 2.23. The van der Waals surface area contributed by atoms with Gasteiger partial charge in [0, 0.05) is 5.56 Å². The van der Waals surface area contributed by atoms with Crippen molar-refractivity contribution in [1.29, 1.82) is 0 Å². The molecular weight excluding hydrogens is 338 g/mol. The lowest BCUT2D eigenvalue weighted by Crippen LogP contribution is -2.33. The molecule has 2 aromatic carbocycles. The monoisotopic (exact) mass is 363 g/mol. The van der Waals surface area contributed by atoms with Gasteiger partial charge in [-0.15, -0.1) is 0 Å². The second-order valence-electron chi connectivity index (χ2n) is 6.62. The third-order valence-electron chi connectivity index (χ3n) is 4.68. The number of carbonyl (C=O) groups is 1. The van der Waals surface area contributed by atoms with Crippen molar-refractivity contribution in [2.45, 2.75) is 32.9 Å². The number of hydrogen-bond donors (Lipinski definition) is 2. The van der Waals surface area contributed by atoms with Crippen molar-refractivity contribution in [3.8, 4) is 11.4 Å². The Balaban J connectivity index is 1.69. The standard InChI is InChI=1S/C22H25N3O2/c1-3-16(2)20(25-22(26)27-15-17-10-6-4-7-11-17)19-14-23-21(24-19)18-12-8-5-9-13-18/h4-14,16,20H,3,15H2,1-2H3,(H,23,24)(H,25,26)/t16-,20+/m1/s1. The van der Waals surface area contributed by atoms with Gasteiger partial charge in [0.15, 0.2) is 0 Å². The Morgan fingerprint density at radius 3 is 2.44 bits per heavy atom. The fraction of sp³-hybridized carbons (Fsp3) is 0.273. The number of benzene rings is 2. The van der Waals surface area contributed by atoms with Crippen molar-refractivity contribution < 1.29 is 9.53 Å². The van der Waals surface area contributed by atoms with Gasteiger partial charge in [-0.05, 0) is 11.5 Å². The van der Waals surface area contributed by atoms with Crippen molar-refractivity contribution in [1.82, 2.24) is 15.3 Å². The number of alkyl carbamates (subject to hydrolysis) is 1. The molecule has 1 heterocycles. The quantitative estimate of drug-likeness (QED) is 0.614. The first-order chi connectivity index (χ1) is 13.2. The summed E-state index contributed by atoms with van der Waals surface area (Å²) in [5.41, 5.74) is 2.85. The molecule has 0 aliphatic heterocycles. The van der Waals surface area contributed by atoms with Crippen molar-refractivity contribution in [3.63, 3.8) is 0 Å². The molecule has 140 valence electrons. The molecule has 2 N–H and O–H groups in total. The summed E-state index contributed by atoms with van der Waals surface area (Å²) < 4.78 is 5.38. The first-order valence-electron chi connectivity index (χ1n) is 9.25. The van der Waals surface area contributed by atoms with Gasteiger partial charge >= 0.3 is 6.09 Å². The van der Waals surface area contributed by atoms with Crippen LogP contribution in [-0.4, -0.2) is 16.1 Å². The Hall–Kier alpha value is -3.08. The number of ether oxygens (including phenoxy) is 1. The minimum atomic E-state index is -0.431. The number of H-pyrrole nitrogens is 1. The molecule has 0 spiro atoms. The topological polar surface area (TPSA) is 67.0 Å². The molecule has 0 unspecified atom stereocenters. The largest absolute Gasteiger partial charge is 0.445 e. The second kappa shape index (κ2) is 9.03.